The highest BCUT2D eigenvalue weighted by atomic mass is 16.2. The highest BCUT2D eigenvalue weighted by Gasteiger charge is 2.13. The van der Waals surface area contributed by atoms with Gasteiger partial charge in [-0.15, -0.1) is 0 Å². The van der Waals surface area contributed by atoms with Crippen LogP contribution >= 0.6 is 0 Å². The molecule has 0 atom stereocenters. The molecule has 2 rings (SSSR count). The monoisotopic (exact) mass is 284 g/mol. The van der Waals surface area contributed by atoms with E-state index in [1.807, 2.05) is 25.8 Å². The average Bonchev–Trinajstić information content (AvgIpc) is 2.48. The molecule has 0 heterocycles. The normalized spacial score (nSPS) is 11.0. The van der Waals surface area contributed by atoms with Gasteiger partial charge in [0, 0.05) is 19.6 Å². The van der Waals surface area contributed by atoms with Crippen molar-refractivity contribution in [3.8, 4) is 0 Å². The number of likely N-dealkylation sites (N-methyl/N-ethyl adjacent to an activating group) is 2. The average molecular weight is 284 g/mol. The third-order valence-corrected chi connectivity index (χ3v) is 3.84. The Kier molecular flexibility index (Phi) is 5.34. The molecule has 0 bridgehead atoms. The minimum Gasteiger partial charge on any atom is -0.342 e. The molecule has 0 aliphatic carbocycles. The minimum atomic E-state index is 0.197. The summed E-state index contributed by atoms with van der Waals surface area (Å²) in [5, 5.41) is 2.51. The van der Waals surface area contributed by atoms with Crippen LogP contribution in [0.15, 0.2) is 42.5 Å². The number of nitrogens with zero attached hydrogens (tertiary/aromatic N) is 2. The van der Waals surface area contributed by atoms with Gasteiger partial charge >= 0.3 is 0 Å². The van der Waals surface area contributed by atoms with E-state index < -0.39 is 0 Å². The van der Waals surface area contributed by atoms with Gasteiger partial charge in [-0.25, -0.2) is 0 Å². The number of hydrogen-bond donors (Lipinski definition) is 0. The number of benzene rings is 2. The van der Waals surface area contributed by atoms with Crippen molar-refractivity contribution < 1.29 is 4.79 Å². The molecule has 3 heteroatoms. The highest BCUT2D eigenvalue weighted by molar-refractivity contribution is 5.85. The van der Waals surface area contributed by atoms with E-state index in [2.05, 4.69) is 47.4 Å². The minimum absolute atomic E-state index is 0.197. The second-order valence-electron chi connectivity index (χ2n) is 5.38. The van der Waals surface area contributed by atoms with Gasteiger partial charge in [0.2, 0.25) is 5.91 Å². The zero-order valence-electron chi connectivity index (χ0n) is 13.2. The second kappa shape index (κ2) is 7.23. The zero-order valence-corrected chi connectivity index (χ0v) is 13.2. The molecular formula is C18H24N2O. The second-order valence-corrected chi connectivity index (χ2v) is 5.38. The van der Waals surface area contributed by atoms with E-state index in [4.69, 9.17) is 0 Å². The molecule has 21 heavy (non-hydrogen) atoms. The molecule has 0 aromatic heterocycles. The van der Waals surface area contributed by atoms with Crippen LogP contribution in [-0.4, -0.2) is 42.4 Å². The molecule has 0 saturated heterocycles. The van der Waals surface area contributed by atoms with Crippen molar-refractivity contribution >= 4 is 16.7 Å². The molecule has 2 aromatic carbocycles. The summed E-state index contributed by atoms with van der Waals surface area (Å²) < 4.78 is 0. The maximum absolute atomic E-state index is 12.2. The van der Waals surface area contributed by atoms with Gasteiger partial charge < -0.3 is 4.90 Å². The Balaban J connectivity index is 2.08. The number of amides is 1. The van der Waals surface area contributed by atoms with Gasteiger partial charge in [-0.1, -0.05) is 42.5 Å². The van der Waals surface area contributed by atoms with Gasteiger partial charge in [-0.3, -0.25) is 9.69 Å². The molecule has 0 N–H and O–H groups in total. The van der Waals surface area contributed by atoms with Crippen LogP contribution in [0.2, 0.25) is 0 Å². The van der Waals surface area contributed by atoms with Crippen molar-refractivity contribution in [1.29, 1.82) is 0 Å². The van der Waals surface area contributed by atoms with E-state index in [1.54, 1.807) is 0 Å². The topological polar surface area (TPSA) is 23.6 Å². The van der Waals surface area contributed by atoms with Crippen molar-refractivity contribution in [3.63, 3.8) is 0 Å². The third kappa shape index (κ3) is 3.82. The SMILES string of the molecule is CCN(CC)C(=O)CN(C)Cc1cccc2ccccc12. The largest absolute Gasteiger partial charge is 0.342 e. The van der Waals surface area contributed by atoms with Gasteiger partial charge in [-0.05, 0) is 37.2 Å². The summed E-state index contributed by atoms with van der Waals surface area (Å²) >= 11 is 0. The first-order valence-corrected chi connectivity index (χ1v) is 7.58. The van der Waals surface area contributed by atoms with Crippen LogP contribution in [0, 0.1) is 0 Å². The zero-order chi connectivity index (χ0) is 15.2. The molecule has 1 amide bonds. The van der Waals surface area contributed by atoms with Crippen LogP contribution in [0.1, 0.15) is 19.4 Å². The van der Waals surface area contributed by atoms with Gasteiger partial charge in [0.1, 0.15) is 0 Å². The first kappa shape index (κ1) is 15.5. The van der Waals surface area contributed by atoms with E-state index in [1.165, 1.54) is 16.3 Å². The Morgan fingerprint density at radius 1 is 1.00 bits per heavy atom. The van der Waals surface area contributed by atoms with Crippen molar-refractivity contribution in [1.82, 2.24) is 9.80 Å². The lowest BCUT2D eigenvalue weighted by Gasteiger charge is -2.23. The summed E-state index contributed by atoms with van der Waals surface area (Å²) in [5.41, 5.74) is 1.27. The number of carbonyl (C=O) groups is 1. The highest BCUT2D eigenvalue weighted by Crippen LogP contribution is 2.19. The van der Waals surface area contributed by atoms with Crippen molar-refractivity contribution in [2.24, 2.45) is 0 Å². The number of fused-ring (bicyclic) bond motifs is 1. The molecular weight excluding hydrogens is 260 g/mol. The molecule has 3 nitrogen and oxygen atoms in total. The van der Waals surface area contributed by atoms with Crippen LogP contribution in [0.3, 0.4) is 0 Å². The van der Waals surface area contributed by atoms with Crippen LogP contribution in [0.4, 0.5) is 0 Å². The summed E-state index contributed by atoms with van der Waals surface area (Å²) in [5.74, 6) is 0.197. The smallest absolute Gasteiger partial charge is 0.236 e. The third-order valence-electron chi connectivity index (χ3n) is 3.84. The van der Waals surface area contributed by atoms with Crippen molar-refractivity contribution in [2.75, 3.05) is 26.7 Å². The Labute approximate surface area is 127 Å². The summed E-state index contributed by atoms with van der Waals surface area (Å²) in [6.07, 6.45) is 0. The molecule has 0 aliphatic rings. The summed E-state index contributed by atoms with van der Waals surface area (Å²) in [7, 11) is 2.00. The van der Waals surface area contributed by atoms with E-state index in [0.29, 0.717) is 6.54 Å². The van der Waals surface area contributed by atoms with Crippen molar-refractivity contribution in [2.45, 2.75) is 20.4 Å². The van der Waals surface area contributed by atoms with E-state index in [0.717, 1.165) is 19.6 Å². The summed E-state index contributed by atoms with van der Waals surface area (Å²) in [6, 6.07) is 14.7. The Bertz CT molecular complexity index is 600. The van der Waals surface area contributed by atoms with Crippen LogP contribution in [0.25, 0.3) is 10.8 Å². The summed E-state index contributed by atoms with van der Waals surface area (Å²) in [6.45, 7) is 6.84. The van der Waals surface area contributed by atoms with Gasteiger partial charge in [0.05, 0.1) is 6.54 Å². The maximum atomic E-state index is 12.2. The Hall–Kier alpha value is -1.87. The molecule has 112 valence electrons. The fourth-order valence-electron chi connectivity index (χ4n) is 2.68. The number of carbonyl (C=O) groups excluding carboxylic acids is 1. The Morgan fingerprint density at radius 2 is 1.67 bits per heavy atom. The molecule has 0 radical (unpaired) electrons. The fraction of sp³-hybridized carbons (Fsp3) is 0.389. The van der Waals surface area contributed by atoms with Crippen molar-refractivity contribution in [3.05, 3.63) is 48.0 Å². The Morgan fingerprint density at radius 3 is 2.38 bits per heavy atom. The lowest BCUT2D eigenvalue weighted by Crippen LogP contribution is -2.38. The van der Waals surface area contributed by atoms with Crippen LogP contribution in [-0.2, 0) is 11.3 Å². The first-order valence-electron chi connectivity index (χ1n) is 7.58. The predicted octanol–water partition coefficient (Wildman–Crippen LogP) is 3.14. The molecule has 0 saturated carbocycles. The van der Waals surface area contributed by atoms with E-state index in [-0.39, 0.29) is 5.91 Å². The van der Waals surface area contributed by atoms with Gasteiger partial charge in [0.15, 0.2) is 0 Å². The lowest BCUT2D eigenvalue weighted by molar-refractivity contribution is -0.131. The standard InChI is InChI=1S/C18H24N2O/c1-4-20(5-2)18(21)14-19(3)13-16-11-8-10-15-9-6-7-12-17(15)16/h6-12H,4-5,13-14H2,1-3H3. The van der Waals surface area contributed by atoms with Crippen LogP contribution in [0.5, 0.6) is 0 Å². The molecule has 2 aromatic rings. The maximum Gasteiger partial charge on any atom is 0.236 e. The molecule has 0 aliphatic heterocycles. The molecule has 0 fully saturated rings. The van der Waals surface area contributed by atoms with Gasteiger partial charge in [0.25, 0.3) is 0 Å². The number of rotatable bonds is 6. The molecule has 0 spiro atoms. The molecule has 0 unspecified atom stereocenters. The fourth-order valence-corrected chi connectivity index (χ4v) is 2.68. The van der Waals surface area contributed by atoms with E-state index in [9.17, 15) is 4.79 Å². The first-order chi connectivity index (χ1) is 10.2. The lowest BCUT2D eigenvalue weighted by atomic mass is 10.0. The van der Waals surface area contributed by atoms with Crippen LogP contribution < -0.4 is 0 Å². The van der Waals surface area contributed by atoms with E-state index >= 15 is 0 Å². The predicted molar refractivity (Wildman–Crippen MR) is 88.2 cm³/mol. The quantitative estimate of drug-likeness (QED) is 0.813. The van der Waals surface area contributed by atoms with Gasteiger partial charge in [-0.2, -0.15) is 0 Å². The number of hydrogen-bond acceptors (Lipinski definition) is 2. The summed E-state index contributed by atoms with van der Waals surface area (Å²) in [4.78, 5) is 16.1.